The minimum Gasteiger partial charge on any atom is -0.491 e. The van der Waals surface area contributed by atoms with Crippen molar-refractivity contribution >= 4 is 12.4 Å². The fourth-order valence-corrected chi connectivity index (χ4v) is 2.21. The number of likely N-dealkylation sites (tertiary alicyclic amines) is 1. The predicted octanol–water partition coefficient (Wildman–Crippen LogP) is 2.43. The number of nitrogens with zero attached hydrogens (tertiary/aromatic N) is 1. The van der Waals surface area contributed by atoms with Crippen LogP contribution in [0.5, 0.6) is 5.75 Å². The Labute approximate surface area is 116 Å². The van der Waals surface area contributed by atoms with E-state index >= 15 is 0 Å². The Hall–Kier alpha value is -0.770. The standard InChI is InChI=1S/C14H22N2O.ClH/c1-11(2)17-14-5-3-12(4-6-14)9-16-8-7-13(15)10-16;/h3-6,11,13H,7-10,15H2,1-2H3;1H/t13-;/m1./s1. The maximum atomic E-state index is 5.90. The van der Waals surface area contributed by atoms with Gasteiger partial charge in [-0.3, -0.25) is 4.90 Å². The molecule has 0 bridgehead atoms. The second-order valence-electron chi connectivity index (χ2n) is 5.09. The van der Waals surface area contributed by atoms with E-state index in [1.54, 1.807) is 0 Å². The lowest BCUT2D eigenvalue weighted by atomic mass is 10.2. The van der Waals surface area contributed by atoms with Crippen molar-refractivity contribution in [1.82, 2.24) is 4.90 Å². The highest BCUT2D eigenvalue weighted by Gasteiger charge is 2.18. The van der Waals surface area contributed by atoms with Crippen LogP contribution in [0.1, 0.15) is 25.8 Å². The smallest absolute Gasteiger partial charge is 0.119 e. The molecule has 0 radical (unpaired) electrons. The molecule has 0 aromatic heterocycles. The number of nitrogens with two attached hydrogens (primary N) is 1. The van der Waals surface area contributed by atoms with Crippen LogP contribution in [0.25, 0.3) is 0 Å². The van der Waals surface area contributed by atoms with E-state index in [2.05, 4.69) is 17.0 Å². The van der Waals surface area contributed by atoms with Crippen molar-refractivity contribution in [3.8, 4) is 5.75 Å². The molecule has 1 aliphatic rings. The number of hydrogen-bond donors (Lipinski definition) is 1. The van der Waals surface area contributed by atoms with E-state index in [1.165, 1.54) is 5.56 Å². The van der Waals surface area contributed by atoms with Crippen molar-refractivity contribution in [2.24, 2.45) is 5.73 Å². The van der Waals surface area contributed by atoms with E-state index in [9.17, 15) is 0 Å². The van der Waals surface area contributed by atoms with E-state index < -0.39 is 0 Å². The van der Waals surface area contributed by atoms with Gasteiger partial charge in [-0.05, 0) is 38.0 Å². The topological polar surface area (TPSA) is 38.5 Å². The summed E-state index contributed by atoms with van der Waals surface area (Å²) >= 11 is 0. The second-order valence-corrected chi connectivity index (χ2v) is 5.09. The van der Waals surface area contributed by atoms with Crippen molar-refractivity contribution in [3.05, 3.63) is 29.8 Å². The van der Waals surface area contributed by atoms with Gasteiger partial charge < -0.3 is 10.5 Å². The summed E-state index contributed by atoms with van der Waals surface area (Å²) in [6, 6.07) is 8.73. The molecule has 1 fully saturated rings. The van der Waals surface area contributed by atoms with Gasteiger partial charge in [0.15, 0.2) is 0 Å². The van der Waals surface area contributed by atoms with Gasteiger partial charge >= 0.3 is 0 Å². The molecule has 1 aliphatic heterocycles. The third-order valence-corrected chi connectivity index (χ3v) is 3.01. The molecule has 0 spiro atoms. The third-order valence-electron chi connectivity index (χ3n) is 3.01. The van der Waals surface area contributed by atoms with Crippen molar-refractivity contribution in [2.45, 2.75) is 39.0 Å². The molecule has 4 heteroatoms. The summed E-state index contributed by atoms with van der Waals surface area (Å²) in [5, 5.41) is 0. The minimum atomic E-state index is 0. The Morgan fingerprint density at radius 3 is 2.50 bits per heavy atom. The predicted molar refractivity (Wildman–Crippen MR) is 77.3 cm³/mol. The molecule has 0 saturated carbocycles. The van der Waals surface area contributed by atoms with Crippen LogP contribution in [0.4, 0.5) is 0 Å². The van der Waals surface area contributed by atoms with E-state index in [0.29, 0.717) is 6.04 Å². The van der Waals surface area contributed by atoms with Gasteiger partial charge in [-0.15, -0.1) is 12.4 Å². The van der Waals surface area contributed by atoms with Gasteiger partial charge in [-0.25, -0.2) is 0 Å². The quantitative estimate of drug-likeness (QED) is 0.913. The summed E-state index contributed by atoms with van der Waals surface area (Å²) in [6.07, 6.45) is 1.35. The molecule has 3 nitrogen and oxygen atoms in total. The van der Waals surface area contributed by atoms with Gasteiger partial charge in [-0.1, -0.05) is 12.1 Å². The SMILES string of the molecule is CC(C)Oc1ccc(CN2CC[C@@H](N)C2)cc1.Cl. The first-order valence-electron chi connectivity index (χ1n) is 6.37. The molecule has 0 amide bonds. The van der Waals surface area contributed by atoms with Crippen LogP contribution in [0, 0.1) is 0 Å². The highest BCUT2D eigenvalue weighted by Crippen LogP contribution is 2.17. The Morgan fingerprint density at radius 2 is 2.00 bits per heavy atom. The fourth-order valence-electron chi connectivity index (χ4n) is 2.21. The largest absolute Gasteiger partial charge is 0.491 e. The maximum Gasteiger partial charge on any atom is 0.119 e. The Bertz CT molecular complexity index is 353. The molecule has 2 rings (SSSR count). The zero-order valence-electron chi connectivity index (χ0n) is 11.1. The Kier molecular flexibility index (Phi) is 5.93. The Morgan fingerprint density at radius 1 is 1.33 bits per heavy atom. The van der Waals surface area contributed by atoms with Crippen LogP contribution >= 0.6 is 12.4 Å². The summed E-state index contributed by atoms with van der Waals surface area (Å²) in [5.74, 6) is 0.946. The van der Waals surface area contributed by atoms with Gasteiger partial charge in [0, 0.05) is 25.7 Å². The summed E-state index contributed by atoms with van der Waals surface area (Å²) in [7, 11) is 0. The highest BCUT2D eigenvalue weighted by molar-refractivity contribution is 5.85. The summed E-state index contributed by atoms with van der Waals surface area (Å²) in [6.45, 7) is 7.21. The molecule has 18 heavy (non-hydrogen) atoms. The number of ether oxygens (including phenoxy) is 1. The van der Waals surface area contributed by atoms with Crippen LogP contribution in [0.15, 0.2) is 24.3 Å². The first-order chi connectivity index (χ1) is 8.13. The lowest BCUT2D eigenvalue weighted by molar-refractivity contribution is 0.242. The van der Waals surface area contributed by atoms with Crippen LogP contribution in [-0.4, -0.2) is 30.1 Å². The van der Waals surface area contributed by atoms with E-state index in [-0.39, 0.29) is 18.5 Å². The lowest BCUT2D eigenvalue weighted by Gasteiger charge is -2.16. The van der Waals surface area contributed by atoms with Crippen LogP contribution < -0.4 is 10.5 Å². The van der Waals surface area contributed by atoms with Crippen molar-refractivity contribution < 1.29 is 4.74 Å². The number of halogens is 1. The van der Waals surface area contributed by atoms with Gasteiger partial charge in [0.25, 0.3) is 0 Å². The second kappa shape index (κ2) is 6.98. The number of hydrogen-bond acceptors (Lipinski definition) is 3. The minimum absolute atomic E-state index is 0. The summed E-state index contributed by atoms with van der Waals surface area (Å²) in [4.78, 5) is 2.41. The molecule has 1 atom stereocenters. The maximum absolute atomic E-state index is 5.90. The molecule has 102 valence electrons. The molecule has 1 aromatic rings. The van der Waals surface area contributed by atoms with E-state index in [1.807, 2.05) is 26.0 Å². The normalized spacial score (nSPS) is 19.9. The molecular weight excluding hydrogens is 248 g/mol. The van der Waals surface area contributed by atoms with Gasteiger partial charge in [0.1, 0.15) is 5.75 Å². The van der Waals surface area contributed by atoms with Gasteiger partial charge in [-0.2, -0.15) is 0 Å². The molecule has 0 unspecified atom stereocenters. The van der Waals surface area contributed by atoms with Crippen molar-refractivity contribution in [1.29, 1.82) is 0 Å². The first kappa shape index (κ1) is 15.3. The van der Waals surface area contributed by atoms with Crippen molar-refractivity contribution in [3.63, 3.8) is 0 Å². The Balaban J connectivity index is 0.00000162. The lowest BCUT2D eigenvalue weighted by Crippen LogP contribution is -2.26. The van der Waals surface area contributed by atoms with Crippen LogP contribution in [0.3, 0.4) is 0 Å². The van der Waals surface area contributed by atoms with Crippen LogP contribution in [0.2, 0.25) is 0 Å². The van der Waals surface area contributed by atoms with Crippen molar-refractivity contribution in [2.75, 3.05) is 13.1 Å². The third kappa shape index (κ3) is 4.48. The molecule has 1 aromatic carbocycles. The fraction of sp³-hybridized carbons (Fsp3) is 0.571. The highest BCUT2D eigenvalue weighted by atomic mass is 35.5. The molecule has 0 aliphatic carbocycles. The summed E-state index contributed by atoms with van der Waals surface area (Å²) < 4.78 is 5.62. The summed E-state index contributed by atoms with van der Waals surface area (Å²) in [5.41, 5.74) is 7.22. The molecule has 1 heterocycles. The average molecular weight is 271 g/mol. The zero-order chi connectivity index (χ0) is 12.3. The number of rotatable bonds is 4. The molecule has 2 N–H and O–H groups in total. The monoisotopic (exact) mass is 270 g/mol. The van der Waals surface area contributed by atoms with Gasteiger partial charge in [0.2, 0.25) is 0 Å². The first-order valence-corrected chi connectivity index (χ1v) is 6.37. The van der Waals surface area contributed by atoms with E-state index in [0.717, 1.165) is 31.8 Å². The van der Waals surface area contributed by atoms with Gasteiger partial charge in [0.05, 0.1) is 6.10 Å². The van der Waals surface area contributed by atoms with Crippen LogP contribution in [-0.2, 0) is 6.54 Å². The zero-order valence-corrected chi connectivity index (χ0v) is 12.0. The number of benzene rings is 1. The average Bonchev–Trinajstić information content (AvgIpc) is 2.66. The molecule has 1 saturated heterocycles. The molecular formula is C14H23ClN2O. The van der Waals surface area contributed by atoms with E-state index in [4.69, 9.17) is 10.5 Å².